The molecule has 1 unspecified atom stereocenters. The van der Waals surface area contributed by atoms with E-state index in [2.05, 4.69) is 21.0 Å². The Balaban J connectivity index is 1.54. The van der Waals surface area contributed by atoms with E-state index in [4.69, 9.17) is 15.8 Å². The molecular weight excluding hydrogens is 404 g/mol. The van der Waals surface area contributed by atoms with Gasteiger partial charge in [0.15, 0.2) is 5.65 Å². The second kappa shape index (κ2) is 8.11. The van der Waals surface area contributed by atoms with E-state index in [-0.39, 0.29) is 12.3 Å². The molecule has 0 aliphatic carbocycles. The normalized spacial score (nSPS) is 17.0. The first kappa shape index (κ1) is 20.2. The van der Waals surface area contributed by atoms with Crippen LogP contribution in [0.3, 0.4) is 0 Å². The van der Waals surface area contributed by atoms with Gasteiger partial charge in [-0.05, 0) is 44.2 Å². The van der Waals surface area contributed by atoms with Gasteiger partial charge in [0.1, 0.15) is 11.6 Å². The minimum atomic E-state index is -0.726. The Kier molecular flexibility index (Phi) is 5.13. The van der Waals surface area contributed by atoms with Gasteiger partial charge in [-0.15, -0.1) is 0 Å². The lowest BCUT2D eigenvalue weighted by Crippen LogP contribution is -2.27. The molecule has 164 valence electrons. The molecule has 0 radical (unpaired) electrons. The first-order valence-electron chi connectivity index (χ1n) is 11.0. The van der Waals surface area contributed by atoms with Gasteiger partial charge >= 0.3 is 5.97 Å². The molecule has 8 heteroatoms. The molecule has 5 rings (SSSR count). The second-order valence-electron chi connectivity index (χ2n) is 8.54. The lowest BCUT2D eigenvalue weighted by atomic mass is 9.97. The first-order valence-corrected chi connectivity index (χ1v) is 11.0. The Labute approximate surface area is 185 Å². The van der Waals surface area contributed by atoms with Crippen LogP contribution in [0.5, 0.6) is 0 Å². The van der Waals surface area contributed by atoms with E-state index < -0.39 is 5.97 Å². The number of aliphatic carboxylic acids is 1. The number of para-hydroxylation sites is 1. The fourth-order valence-corrected chi connectivity index (χ4v) is 4.64. The number of nitrogens with zero attached hydrogens (tertiary/aromatic N) is 5. The van der Waals surface area contributed by atoms with Crippen LogP contribution < -0.4 is 10.6 Å². The molecule has 4 heterocycles. The molecular formula is C24H26N6O2. The van der Waals surface area contributed by atoms with Gasteiger partial charge in [0.2, 0.25) is 0 Å². The van der Waals surface area contributed by atoms with Crippen molar-refractivity contribution in [3.63, 3.8) is 0 Å². The topological polar surface area (TPSA) is 110 Å². The highest BCUT2D eigenvalue weighted by molar-refractivity contribution is 5.87. The Bertz CT molecular complexity index is 1310. The van der Waals surface area contributed by atoms with Crippen molar-refractivity contribution in [3.05, 3.63) is 48.3 Å². The molecule has 0 bridgehead atoms. The molecule has 32 heavy (non-hydrogen) atoms. The molecule has 1 fully saturated rings. The number of benzene rings is 1. The predicted molar refractivity (Wildman–Crippen MR) is 125 cm³/mol. The zero-order valence-corrected chi connectivity index (χ0v) is 18.0. The van der Waals surface area contributed by atoms with Crippen molar-refractivity contribution in [1.82, 2.24) is 19.6 Å². The van der Waals surface area contributed by atoms with Crippen LogP contribution in [0.4, 0.5) is 11.6 Å². The largest absolute Gasteiger partial charge is 0.481 e. The maximum absolute atomic E-state index is 11.1. The van der Waals surface area contributed by atoms with Gasteiger partial charge in [-0.3, -0.25) is 9.78 Å². The number of fused-ring (bicyclic) bond motifs is 2. The summed E-state index contributed by atoms with van der Waals surface area (Å²) in [6.45, 7) is 3.57. The van der Waals surface area contributed by atoms with Gasteiger partial charge in [-0.25, -0.2) is 4.98 Å². The van der Waals surface area contributed by atoms with Gasteiger partial charge in [-0.1, -0.05) is 18.2 Å². The number of carboxylic acid groups (broad SMARTS) is 1. The monoisotopic (exact) mass is 430 g/mol. The summed E-state index contributed by atoms with van der Waals surface area (Å²) in [5.41, 5.74) is 10.8. The second-order valence-corrected chi connectivity index (χ2v) is 8.54. The molecule has 0 spiro atoms. The Hall–Kier alpha value is -3.68. The van der Waals surface area contributed by atoms with Gasteiger partial charge in [0, 0.05) is 47.8 Å². The molecule has 0 saturated carbocycles. The Morgan fingerprint density at radius 2 is 2.06 bits per heavy atom. The minimum absolute atomic E-state index is 0.202. The number of anilines is 2. The van der Waals surface area contributed by atoms with E-state index in [0.29, 0.717) is 11.5 Å². The summed E-state index contributed by atoms with van der Waals surface area (Å²) < 4.78 is 1.69. The Morgan fingerprint density at radius 3 is 2.91 bits per heavy atom. The van der Waals surface area contributed by atoms with Gasteiger partial charge < -0.3 is 15.7 Å². The van der Waals surface area contributed by atoms with Crippen LogP contribution in [0.1, 0.15) is 31.2 Å². The molecule has 1 saturated heterocycles. The lowest BCUT2D eigenvalue weighted by Gasteiger charge is -2.24. The van der Waals surface area contributed by atoms with Crippen LogP contribution in [0.2, 0.25) is 0 Å². The highest BCUT2D eigenvalue weighted by Crippen LogP contribution is 2.32. The molecule has 1 aromatic carbocycles. The number of nitrogens with two attached hydrogens (primary N) is 1. The molecule has 3 aromatic heterocycles. The summed E-state index contributed by atoms with van der Waals surface area (Å²) in [5, 5.41) is 14.7. The van der Waals surface area contributed by atoms with Crippen molar-refractivity contribution in [3.8, 4) is 11.1 Å². The van der Waals surface area contributed by atoms with Crippen molar-refractivity contribution < 1.29 is 9.90 Å². The van der Waals surface area contributed by atoms with E-state index in [1.807, 2.05) is 37.4 Å². The number of aromatic nitrogens is 4. The smallest absolute Gasteiger partial charge is 0.303 e. The molecule has 1 atom stereocenters. The van der Waals surface area contributed by atoms with Crippen molar-refractivity contribution in [2.75, 3.05) is 23.7 Å². The third-order valence-corrected chi connectivity index (χ3v) is 6.42. The van der Waals surface area contributed by atoms with Crippen molar-refractivity contribution in [1.29, 1.82) is 0 Å². The minimum Gasteiger partial charge on any atom is -0.481 e. The van der Waals surface area contributed by atoms with Gasteiger partial charge in [0.05, 0.1) is 11.7 Å². The van der Waals surface area contributed by atoms with Crippen LogP contribution in [0, 0.1) is 12.8 Å². The summed E-state index contributed by atoms with van der Waals surface area (Å²) in [5.74, 6) is 0.891. The number of carbonyl (C=O) groups is 1. The molecule has 3 N–H and O–H groups in total. The fourth-order valence-electron chi connectivity index (χ4n) is 4.64. The van der Waals surface area contributed by atoms with E-state index in [1.54, 1.807) is 10.7 Å². The maximum Gasteiger partial charge on any atom is 0.303 e. The van der Waals surface area contributed by atoms with Crippen molar-refractivity contribution in [2.24, 2.45) is 5.92 Å². The third-order valence-electron chi connectivity index (χ3n) is 6.42. The number of hydrogen-bond acceptors (Lipinski definition) is 6. The third kappa shape index (κ3) is 3.62. The van der Waals surface area contributed by atoms with Gasteiger partial charge in [-0.2, -0.15) is 9.61 Å². The summed E-state index contributed by atoms with van der Waals surface area (Å²) in [4.78, 5) is 23.0. The predicted octanol–water partition coefficient (Wildman–Crippen LogP) is 3.92. The van der Waals surface area contributed by atoms with Crippen molar-refractivity contribution in [2.45, 2.75) is 32.6 Å². The molecule has 1 aliphatic heterocycles. The van der Waals surface area contributed by atoms with Crippen LogP contribution in [0.15, 0.2) is 42.7 Å². The number of carboxylic acids is 1. The molecule has 0 amide bonds. The van der Waals surface area contributed by atoms with Crippen LogP contribution in [-0.4, -0.2) is 43.7 Å². The number of hydrogen-bond donors (Lipinski definition) is 2. The average Bonchev–Trinajstić information content (AvgIpc) is 3.08. The number of rotatable bonds is 4. The summed E-state index contributed by atoms with van der Waals surface area (Å²) in [6.07, 6.45) is 6.55. The lowest BCUT2D eigenvalue weighted by molar-refractivity contribution is -0.138. The quantitative estimate of drug-likeness (QED) is 0.505. The fraction of sp³-hybridized carbons (Fsp3) is 0.333. The first-order chi connectivity index (χ1) is 15.5. The number of nitrogen functional groups attached to an aromatic ring is 1. The summed E-state index contributed by atoms with van der Waals surface area (Å²) in [7, 11) is 0. The SMILES string of the molecule is Cc1c(N2CCCC(CC(=O)O)CC2)nc2c(-c3cnc4ccccc4c3)cnn2c1N. The zero-order chi connectivity index (χ0) is 22.2. The average molecular weight is 431 g/mol. The zero-order valence-electron chi connectivity index (χ0n) is 18.0. The van der Waals surface area contributed by atoms with Crippen LogP contribution >= 0.6 is 0 Å². The van der Waals surface area contributed by atoms with E-state index >= 15 is 0 Å². The maximum atomic E-state index is 11.1. The molecule has 1 aliphatic rings. The Morgan fingerprint density at radius 1 is 1.22 bits per heavy atom. The summed E-state index contributed by atoms with van der Waals surface area (Å²) in [6, 6.07) is 10.1. The van der Waals surface area contributed by atoms with E-state index in [0.717, 1.165) is 65.8 Å². The highest BCUT2D eigenvalue weighted by Gasteiger charge is 2.23. The van der Waals surface area contributed by atoms with Gasteiger partial charge in [0.25, 0.3) is 0 Å². The van der Waals surface area contributed by atoms with Crippen LogP contribution in [-0.2, 0) is 4.79 Å². The standard InChI is InChI=1S/C24H26N6O2/c1-15-22(25)30-24(28-23(15)29-9-4-5-16(8-10-29)11-21(31)32)19(14-27-30)18-12-17-6-2-3-7-20(17)26-13-18/h2-3,6-7,12-14,16H,4-5,8-11,25H2,1H3,(H,31,32). The number of pyridine rings is 1. The highest BCUT2D eigenvalue weighted by atomic mass is 16.4. The van der Waals surface area contributed by atoms with E-state index in [1.165, 1.54) is 0 Å². The summed E-state index contributed by atoms with van der Waals surface area (Å²) >= 11 is 0. The van der Waals surface area contributed by atoms with Crippen molar-refractivity contribution >= 4 is 34.2 Å². The molecule has 4 aromatic rings. The van der Waals surface area contributed by atoms with E-state index in [9.17, 15) is 4.79 Å². The molecule has 8 nitrogen and oxygen atoms in total. The van der Waals surface area contributed by atoms with Crippen LogP contribution in [0.25, 0.3) is 27.7 Å².